The van der Waals surface area contributed by atoms with Crippen LogP contribution in [0.5, 0.6) is 0 Å². The monoisotopic (exact) mass is 229 g/mol. The zero-order valence-corrected chi connectivity index (χ0v) is 8.06. The molecule has 0 atom stereocenters. The third-order valence-electron chi connectivity index (χ3n) is 0.865. The molecule has 0 rings (SSSR count). The summed E-state index contributed by atoms with van der Waals surface area (Å²) in [6.45, 7) is 8.12. The van der Waals surface area contributed by atoms with Gasteiger partial charge in [0.2, 0.25) is 0 Å². The van der Waals surface area contributed by atoms with Crippen molar-refractivity contribution in [2.75, 3.05) is 5.75 Å². The van der Waals surface area contributed by atoms with Crippen molar-refractivity contribution in [2.24, 2.45) is 0 Å². The molecular weight excluding hydrogens is 217 g/mol. The average molecular weight is 229 g/mol. The summed E-state index contributed by atoms with van der Waals surface area (Å²) < 4.78 is 26.1. The molecule has 0 fully saturated rings. The summed E-state index contributed by atoms with van der Waals surface area (Å²) in [4.78, 5) is 9.99. The zero-order chi connectivity index (χ0) is 10.5. The number of allylic oxidation sites excluding steroid dienone is 1. The van der Waals surface area contributed by atoms with Crippen LogP contribution < -0.4 is 5.48 Å². The van der Waals surface area contributed by atoms with E-state index in [1.807, 2.05) is 5.48 Å². The molecule has 0 bridgehead atoms. The number of hydroxylamine groups is 1. The number of rotatable bonds is 6. The van der Waals surface area contributed by atoms with E-state index < -0.39 is 10.1 Å². The molecule has 0 spiro atoms. The minimum absolute atomic E-state index is 0. The summed E-state index contributed by atoms with van der Waals surface area (Å²) in [5, 5.41) is 0. The van der Waals surface area contributed by atoms with Gasteiger partial charge in [-0.25, -0.2) is 5.48 Å². The Kier molecular flexibility index (Phi) is 8.37. The first-order valence-corrected chi connectivity index (χ1v) is 4.91. The third-order valence-corrected chi connectivity index (χ3v) is 2.05. The predicted molar refractivity (Wildman–Crippen MR) is 55.2 cm³/mol. The molecule has 0 heterocycles. The quantitative estimate of drug-likeness (QED) is 0.218. The van der Waals surface area contributed by atoms with E-state index in [1.165, 1.54) is 0 Å². The van der Waals surface area contributed by atoms with Crippen molar-refractivity contribution in [3.05, 3.63) is 24.4 Å². The van der Waals surface area contributed by atoms with Crippen molar-refractivity contribution in [1.29, 1.82) is 0 Å². The second-order valence-corrected chi connectivity index (χ2v) is 4.06. The number of hydrogen-bond donors (Lipinski definition) is 1. The molecule has 0 radical (unpaired) electrons. The maximum absolute atomic E-state index is 11.0. The van der Waals surface area contributed by atoms with Crippen molar-refractivity contribution < 1.29 is 17.5 Å². The fraction of sp³-hybridized carbons (Fsp3) is 0.286. The molecule has 0 aromatic heterocycles. The zero-order valence-electron chi connectivity index (χ0n) is 7.24. The Bertz CT molecular complexity index is 323. The van der Waals surface area contributed by atoms with Gasteiger partial charge in [-0.1, -0.05) is 18.7 Å². The summed E-state index contributed by atoms with van der Waals surface area (Å²) in [5.74, 6) is -0.299. The van der Waals surface area contributed by atoms with Crippen LogP contribution in [0, 0.1) is 0 Å². The van der Waals surface area contributed by atoms with Crippen LogP contribution in [0.4, 0.5) is 0 Å². The topological polar surface area (TPSA) is 72.5 Å². The van der Waals surface area contributed by atoms with Crippen LogP contribution in [0.2, 0.25) is 0 Å². The average Bonchev–Trinajstić information content (AvgIpc) is 1.98. The van der Waals surface area contributed by atoms with Gasteiger partial charge < -0.3 is 0 Å². The van der Waals surface area contributed by atoms with Crippen molar-refractivity contribution in [2.45, 2.75) is 6.92 Å². The van der Waals surface area contributed by atoms with Crippen molar-refractivity contribution in [1.82, 2.24) is 5.48 Å². The molecule has 76 valence electrons. The number of carbonyl (C=O) groups excluding carboxylic acids is 1. The standard InChI is InChI=1S/C7H11NO4S.Na.H/c1-6(2)5-13(10,11)12-8-7(3)4-9;;/h4,8H,1,3,5H2,2H3;;. The van der Waals surface area contributed by atoms with Gasteiger partial charge in [-0.15, -0.1) is 0 Å². The van der Waals surface area contributed by atoms with Crippen LogP contribution >= 0.6 is 0 Å². The Labute approximate surface area is 106 Å². The van der Waals surface area contributed by atoms with Gasteiger partial charge in [0.05, 0.1) is 11.4 Å². The molecule has 5 nitrogen and oxygen atoms in total. The fourth-order valence-corrected chi connectivity index (χ4v) is 1.37. The van der Waals surface area contributed by atoms with E-state index >= 15 is 0 Å². The van der Waals surface area contributed by atoms with Crippen LogP contribution in [0.1, 0.15) is 6.92 Å². The summed E-state index contributed by atoms with van der Waals surface area (Å²) >= 11 is 0. The maximum atomic E-state index is 11.0. The van der Waals surface area contributed by atoms with Gasteiger partial charge in [0.1, 0.15) is 0 Å². The van der Waals surface area contributed by atoms with E-state index in [9.17, 15) is 13.2 Å². The summed E-state index contributed by atoms with van der Waals surface area (Å²) in [6.07, 6.45) is 0.344. The van der Waals surface area contributed by atoms with Crippen molar-refractivity contribution >= 4 is 46.0 Å². The number of hydrogen-bond acceptors (Lipinski definition) is 5. The molecule has 0 unspecified atom stereocenters. The third kappa shape index (κ3) is 8.46. The molecule has 0 saturated heterocycles. The minimum atomic E-state index is -3.72. The van der Waals surface area contributed by atoms with Gasteiger partial charge in [-0.3, -0.25) is 4.79 Å². The molecule has 7 heteroatoms. The molecular formula is C7H12NNaO4S. The Hall–Kier alpha value is -0.140. The molecule has 0 aromatic carbocycles. The van der Waals surface area contributed by atoms with E-state index in [4.69, 9.17) is 0 Å². The second-order valence-electron chi connectivity index (χ2n) is 2.49. The predicted octanol–water partition coefficient (Wildman–Crippen LogP) is -0.522. The summed E-state index contributed by atoms with van der Waals surface area (Å²) in [6, 6.07) is 0. The molecule has 14 heavy (non-hydrogen) atoms. The Morgan fingerprint density at radius 2 is 2.00 bits per heavy atom. The van der Waals surface area contributed by atoms with Gasteiger partial charge in [-0.05, 0) is 6.92 Å². The van der Waals surface area contributed by atoms with Crippen molar-refractivity contribution in [3.63, 3.8) is 0 Å². The van der Waals surface area contributed by atoms with Crippen LogP contribution in [-0.4, -0.2) is 50.0 Å². The number of aldehydes is 1. The summed E-state index contributed by atoms with van der Waals surface area (Å²) in [7, 11) is -3.72. The van der Waals surface area contributed by atoms with Crippen molar-refractivity contribution in [3.8, 4) is 0 Å². The van der Waals surface area contributed by atoms with E-state index in [0.717, 1.165) is 0 Å². The first-order chi connectivity index (χ1) is 5.87. The normalized spacial score (nSPS) is 9.79. The van der Waals surface area contributed by atoms with Gasteiger partial charge in [-0.2, -0.15) is 12.7 Å². The van der Waals surface area contributed by atoms with Crippen LogP contribution in [0.3, 0.4) is 0 Å². The number of nitrogens with one attached hydrogen (secondary N) is 1. The number of carbonyl (C=O) groups is 1. The second kappa shape index (κ2) is 7.19. The first kappa shape index (κ1) is 16.3. The molecule has 0 aliphatic heterocycles. The van der Waals surface area contributed by atoms with Crippen LogP contribution in [0.15, 0.2) is 24.4 Å². The van der Waals surface area contributed by atoms with Crippen LogP contribution in [-0.2, 0) is 19.2 Å². The van der Waals surface area contributed by atoms with E-state index in [2.05, 4.69) is 17.4 Å². The molecule has 0 saturated carbocycles. The van der Waals surface area contributed by atoms with Gasteiger partial charge >= 0.3 is 29.6 Å². The van der Waals surface area contributed by atoms with E-state index in [1.54, 1.807) is 6.92 Å². The van der Waals surface area contributed by atoms with Gasteiger partial charge in [0.25, 0.3) is 10.1 Å². The van der Waals surface area contributed by atoms with Gasteiger partial charge in [0.15, 0.2) is 6.29 Å². The Balaban J connectivity index is 0. The first-order valence-electron chi connectivity index (χ1n) is 3.33. The summed E-state index contributed by atoms with van der Waals surface area (Å²) in [5.41, 5.74) is 2.17. The molecule has 1 N–H and O–H groups in total. The molecule has 0 aliphatic rings. The SMILES string of the molecule is C=C(C)CS(=O)(=O)ONC(=C)C=O.[NaH]. The Morgan fingerprint density at radius 3 is 2.36 bits per heavy atom. The van der Waals surface area contributed by atoms with Gasteiger partial charge in [0, 0.05) is 0 Å². The van der Waals surface area contributed by atoms with E-state index in [-0.39, 0.29) is 41.0 Å². The van der Waals surface area contributed by atoms with E-state index in [0.29, 0.717) is 11.9 Å². The molecule has 0 aromatic rings. The molecule has 0 amide bonds. The Morgan fingerprint density at radius 1 is 1.50 bits per heavy atom. The molecule has 0 aliphatic carbocycles. The fourth-order valence-electron chi connectivity index (χ4n) is 0.472. The van der Waals surface area contributed by atoms with Crippen LogP contribution in [0.25, 0.3) is 0 Å².